The first-order valence-corrected chi connectivity index (χ1v) is 14.7. The monoisotopic (exact) mass is 589 g/mol. The van der Waals surface area contributed by atoms with E-state index in [1.54, 1.807) is 19.1 Å². The van der Waals surface area contributed by atoms with Gasteiger partial charge in [-0.1, -0.05) is 47.5 Å². The van der Waals surface area contributed by atoms with E-state index >= 15 is 0 Å². The predicted octanol–water partition coefficient (Wildman–Crippen LogP) is 4.97. The van der Waals surface area contributed by atoms with Gasteiger partial charge in [0.05, 0.1) is 11.8 Å². The Kier molecular flexibility index (Phi) is 8.86. The lowest BCUT2D eigenvalue weighted by Crippen LogP contribution is -2.51. The lowest BCUT2D eigenvalue weighted by atomic mass is 9.91. The van der Waals surface area contributed by atoms with E-state index in [1.807, 2.05) is 48.5 Å². The Morgan fingerprint density at radius 1 is 0.974 bits per heavy atom. The van der Waals surface area contributed by atoms with Gasteiger partial charge in [0.25, 0.3) is 5.91 Å². The van der Waals surface area contributed by atoms with Crippen LogP contribution in [0.1, 0.15) is 40.0 Å². The van der Waals surface area contributed by atoms with E-state index in [2.05, 4.69) is 14.9 Å². The number of halogens is 2. The van der Waals surface area contributed by atoms with Gasteiger partial charge in [0, 0.05) is 40.3 Å². The highest BCUT2D eigenvalue weighted by atomic mass is 35.5. The summed E-state index contributed by atoms with van der Waals surface area (Å²) in [7, 11) is -3.72. The molecule has 1 amide bonds. The van der Waals surface area contributed by atoms with Crippen molar-refractivity contribution in [3.63, 3.8) is 0 Å². The third kappa shape index (κ3) is 7.51. The van der Waals surface area contributed by atoms with E-state index in [0.717, 1.165) is 11.1 Å². The number of nitrogens with zero attached hydrogens (tertiary/aromatic N) is 1. The minimum absolute atomic E-state index is 0.0718. The minimum Gasteiger partial charge on any atom is -0.480 e. The van der Waals surface area contributed by atoms with Crippen molar-refractivity contribution in [3.05, 3.63) is 99.0 Å². The molecule has 3 aromatic rings. The van der Waals surface area contributed by atoms with Crippen LogP contribution >= 0.6 is 23.2 Å². The summed E-state index contributed by atoms with van der Waals surface area (Å²) in [6, 6.07) is 18.7. The molecule has 0 radical (unpaired) electrons. The standard InChI is InChI=1S/C28H29Cl2N3O5S/c1-17-11-22(27(34)31-18(2)28(35)36)13-25(12-17)32-39(37,38)16-19-14-33(15-19)26(20-3-7-23(29)8-4-20)21-5-9-24(30)10-6-21/h3-13,18-19,26,32H,14-16H2,1-2H3,(H,31,34)(H,35,36)/t18-/m0/s1. The number of hydrogen-bond acceptors (Lipinski definition) is 5. The zero-order valence-corrected chi connectivity index (χ0v) is 23.7. The highest BCUT2D eigenvalue weighted by Crippen LogP contribution is 2.36. The van der Waals surface area contributed by atoms with Gasteiger partial charge in [0.2, 0.25) is 10.0 Å². The molecule has 1 heterocycles. The Morgan fingerprint density at radius 2 is 1.51 bits per heavy atom. The fourth-order valence-corrected chi connectivity index (χ4v) is 6.32. The molecule has 3 aromatic carbocycles. The first-order valence-electron chi connectivity index (χ1n) is 12.3. The Balaban J connectivity index is 1.43. The number of likely N-dealkylation sites (tertiary alicyclic amines) is 1. The molecule has 0 aliphatic carbocycles. The molecule has 206 valence electrons. The topological polar surface area (TPSA) is 116 Å². The van der Waals surface area contributed by atoms with Crippen LogP contribution in [0.25, 0.3) is 0 Å². The summed E-state index contributed by atoms with van der Waals surface area (Å²) in [6.07, 6.45) is 0. The molecule has 1 aliphatic rings. The van der Waals surface area contributed by atoms with Crippen LogP contribution in [0.5, 0.6) is 0 Å². The molecule has 0 saturated carbocycles. The van der Waals surface area contributed by atoms with Gasteiger partial charge in [-0.15, -0.1) is 0 Å². The number of aliphatic carboxylic acids is 1. The van der Waals surface area contributed by atoms with E-state index in [4.69, 9.17) is 28.3 Å². The van der Waals surface area contributed by atoms with E-state index in [1.165, 1.54) is 13.0 Å². The van der Waals surface area contributed by atoms with Crippen molar-refractivity contribution in [2.75, 3.05) is 23.6 Å². The normalized spacial score (nSPS) is 15.0. The second-order valence-electron chi connectivity index (χ2n) is 9.83. The molecule has 39 heavy (non-hydrogen) atoms. The Labute approximate surface area is 238 Å². The molecule has 0 bridgehead atoms. The number of rotatable bonds is 10. The summed E-state index contributed by atoms with van der Waals surface area (Å²) >= 11 is 12.2. The molecule has 3 N–H and O–H groups in total. The average molecular weight is 591 g/mol. The van der Waals surface area contributed by atoms with Gasteiger partial charge in [-0.3, -0.25) is 19.2 Å². The number of anilines is 1. The van der Waals surface area contributed by atoms with Gasteiger partial charge < -0.3 is 10.4 Å². The fourth-order valence-electron chi connectivity index (χ4n) is 4.68. The molecule has 0 unspecified atom stereocenters. The maximum atomic E-state index is 13.0. The van der Waals surface area contributed by atoms with Crippen molar-refractivity contribution < 1.29 is 23.1 Å². The number of sulfonamides is 1. The van der Waals surface area contributed by atoms with E-state index in [0.29, 0.717) is 28.7 Å². The minimum atomic E-state index is -3.72. The van der Waals surface area contributed by atoms with Crippen molar-refractivity contribution in [2.45, 2.75) is 25.9 Å². The zero-order valence-electron chi connectivity index (χ0n) is 21.4. The van der Waals surface area contributed by atoms with Crippen LogP contribution < -0.4 is 10.0 Å². The SMILES string of the molecule is Cc1cc(NS(=O)(=O)CC2CN(C(c3ccc(Cl)cc3)c3ccc(Cl)cc3)C2)cc(C(=O)N[C@@H](C)C(=O)O)c1. The van der Waals surface area contributed by atoms with Gasteiger partial charge in [-0.25, -0.2) is 8.42 Å². The summed E-state index contributed by atoms with van der Waals surface area (Å²) in [4.78, 5) is 25.7. The molecule has 1 aliphatic heterocycles. The van der Waals surface area contributed by atoms with Crippen LogP contribution in [0, 0.1) is 12.8 Å². The molecule has 1 atom stereocenters. The summed E-state index contributed by atoms with van der Waals surface area (Å²) in [6.45, 7) is 4.23. The van der Waals surface area contributed by atoms with Crippen LogP contribution in [0.3, 0.4) is 0 Å². The maximum absolute atomic E-state index is 13.0. The first kappa shape index (κ1) is 28.9. The molecule has 1 saturated heterocycles. The van der Waals surface area contributed by atoms with Crippen molar-refractivity contribution in [1.29, 1.82) is 0 Å². The third-order valence-electron chi connectivity index (χ3n) is 6.51. The van der Waals surface area contributed by atoms with Crippen molar-refractivity contribution in [1.82, 2.24) is 10.2 Å². The van der Waals surface area contributed by atoms with Gasteiger partial charge in [0.15, 0.2) is 0 Å². The van der Waals surface area contributed by atoms with Crippen LogP contribution in [-0.2, 0) is 14.8 Å². The maximum Gasteiger partial charge on any atom is 0.325 e. The number of carboxylic acids is 1. The lowest BCUT2D eigenvalue weighted by molar-refractivity contribution is -0.138. The Morgan fingerprint density at radius 3 is 2.03 bits per heavy atom. The van der Waals surface area contributed by atoms with Crippen LogP contribution in [-0.4, -0.2) is 55.2 Å². The quantitative estimate of drug-likeness (QED) is 0.307. The number of carbonyl (C=O) groups is 2. The fraction of sp³-hybridized carbons (Fsp3) is 0.286. The number of aryl methyl sites for hydroxylation is 1. The van der Waals surface area contributed by atoms with Crippen LogP contribution in [0.15, 0.2) is 66.7 Å². The Hall–Kier alpha value is -3.11. The molecule has 1 fully saturated rings. The highest BCUT2D eigenvalue weighted by Gasteiger charge is 2.36. The molecule has 0 spiro atoms. The number of carbonyl (C=O) groups excluding carboxylic acids is 1. The smallest absolute Gasteiger partial charge is 0.325 e. The van der Waals surface area contributed by atoms with Crippen molar-refractivity contribution in [2.24, 2.45) is 5.92 Å². The second-order valence-corrected chi connectivity index (χ2v) is 12.5. The molecular formula is C28H29Cl2N3O5S. The summed E-state index contributed by atoms with van der Waals surface area (Å²) in [5, 5.41) is 12.7. The summed E-state index contributed by atoms with van der Waals surface area (Å²) < 4.78 is 28.6. The van der Waals surface area contributed by atoms with Crippen LogP contribution in [0.4, 0.5) is 5.69 Å². The van der Waals surface area contributed by atoms with Gasteiger partial charge in [-0.05, 0) is 73.0 Å². The second kappa shape index (κ2) is 12.0. The largest absolute Gasteiger partial charge is 0.480 e. The number of benzene rings is 3. The molecule has 8 nitrogen and oxygen atoms in total. The lowest BCUT2D eigenvalue weighted by Gasteiger charge is -2.44. The van der Waals surface area contributed by atoms with Gasteiger partial charge in [-0.2, -0.15) is 0 Å². The molecular weight excluding hydrogens is 561 g/mol. The number of carboxylic acid groups (broad SMARTS) is 1. The third-order valence-corrected chi connectivity index (χ3v) is 8.47. The summed E-state index contributed by atoms with van der Waals surface area (Å²) in [5.74, 6) is -1.93. The summed E-state index contributed by atoms with van der Waals surface area (Å²) in [5.41, 5.74) is 3.17. The average Bonchev–Trinajstić information content (AvgIpc) is 2.83. The van der Waals surface area contributed by atoms with E-state index in [-0.39, 0.29) is 29.0 Å². The van der Waals surface area contributed by atoms with Gasteiger partial charge in [0.1, 0.15) is 6.04 Å². The van der Waals surface area contributed by atoms with Crippen LogP contribution in [0.2, 0.25) is 10.0 Å². The molecule has 11 heteroatoms. The van der Waals surface area contributed by atoms with E-state index in [9.17, 15) is 18.0 Å². The molecule has 0 aromatic heterocycles. The van der Waals surface area contributed by atoms with Crippen molar-refractivity contribution >= 4 is 50.8 Å². The molecule has 4 rings (SSSR count). The number of hydrogen-bond donors (Lipinski definition) is 3. The number of amides is 1. The number of nitrogens with one attached hydrogen (secondary N) is 2. The highest BCUT2D eigenvalue weighted by molar-refractivity contribution is 7.92. The van der Waals surface area contributed by atoms with E-state index < -0.39 is 27.9 Å². The Bertz CT molecular complexity index is 1410. The predicted molar refractivity (Wildman–Crippen MR) is 153 cm³/mol. The van der Waals surface area contributed by atoms with Crippen molar-refractivity contribution in [3.8, 4) is 0 Å². The first-order chi connectivity index (χ1) is 18.4. The zero-order chi connectivity index (χ0) is 28.3. The van der Waals surface area contributed by atoms with Gasteiger partial charge >= 0.3 is 5.97 Å².